The molecular formula is C15H23NO2. The molecule has 0 spiro atoms. The van der Waals surface area contributed by atoms with E-state index in [1.54, 1.807) is 0 Å². The Kier molecular flexibility index (Phi) is 5.86. The summed E-state index contributed by atoms with van der Waals surface area (Å²) in [5, 5.41) is 0. The molecule has 0 amide bonds. The predicted octanol–water partition coefficient (Wildman–Crippen LogP) is 2.63. The molecule has 0 aliphatic carbocycles. The van der Waals surface area contributed by atoms with Gasteiger partial charge in [-0.25, -0.2) is 0 Å². The van der Waals surface area contributed by atoms with Crippen LogP contribution in [0.2, 0.25) is 0 Å². The normalized spacial score (nSPS) is 14.0. The number of hydrogen-bond donors (Lipinski definition) is 1. The molecule has 0 heterocycles. The van der Waals surface area contributed by atoms with Gasteiger partial charge in [-0.05, 0) is 29.9 Å². The molecule has 3 nitrogen and oxygen atoms in total. The Hall–Kier alpha value is -1.35. The number of ether oxygens (including phenoxy) is 1. The Balaban J connectivity index is 2.55. The second kappa shape index (κ2) is 7.17. The number of benzene rings is 1. The maximum absolute atomic E-state index is 11.1. The Morgan fingerprint density at radius 1 is 1.33 bits per heavy atom. The van der Waals surface area contributed by atoms with E-state index in [1.165, 1.54) is 18.2 Å². The summed E-state index contributed by atoms with van der Waals surface area (Å²) < 4.78 is 4.60. The topological polar surface area (TPSA) is 52.3 Å². The van der Waals surface area contributed by atoms with Crippen molar-refractivity contribution >= 4 is 5.97 Å². The Morgan fingerprint density at radius 3 is 2.44 bits per heavy atom. The minimum absolute atomic E-state index is 0.174. The van der Waals surface area contributed by atoms with Crippen molar-refractivity contribution < 1.29 is 9.53 Å². The largest absolute Gasteiger partial charge is 0.469 e. The average molecular weight is 249 g/mol. The molecule has 0 fully saturated rings. The van der Waals surface area contributed by atoms with Gasteiger partial charge in [-0.15, -0.1) is 0 Å². The summed E-state index contributed by atoms with van der Waals surface area (Å²) in [6.07, 6.45) is 2.11. The molecule has 0 aliphatic heterocycles. The van der Waals surface area contributed by atoms with Crippen LogP contribution in [0, 0.1) is 0 Å². The van der Waals surface area contributed by atoms with Crippen molar-refractivity contribution in [2.75, 3.05) is 7.11 Å². The number of carbonyl (C=O) groups excluding carboxylic acids is 1. The van der Waals surface area contributed by atoms with Gasteiger partial charge in [-0.1, -0.05) is 38.1 Å². The SMILES string of the molecule is CCC(C)c1ccc(CC(N)CC(=O)OC)cc1. The van der Waals surface area contributed by atoms with Crippen molar-refractivity contribution in [3.63, 3.8) is 0 Å². The van der Waals surface area contributed by atoms with Crippen LogP contribution in [0.15, 0.2) is 24.3 Å². The molecule has 3 heteroatoms. The smallest absolute Gasteiger partial charge is 0.307 e. The molecule has 2 atom stereocenters. The maximum atomic E-state index is 11.1. The average Bonchev–Trinajstić information content (AvgIpc) is 2.38. The van der Waals surface area contributed by atoms with Crippen LogP contribution in [0.25, 0.3) is 0 Å². The standard InChI is InChI=1S/C15H23NO2/c1-4-11(2)13-7-5-12(6-8-13)9-14(16)10-15(17)18-3/h5-8,11,14H,4,9-10,16H2,1-3H3. The first kappa shape index (κ1) is 14.7. The predicted molar refractivity (Wildman–Crippen MR) is 73.5 cm³/mol. The summed E-state index contributed by atoms with van der Waals surface area (Å²) in [5.74, 6) is 0.335. The Morgan fingerprint density at radius 2 is 1.94 bits per heavy atom. The summed E-state index contributed by atoms with van der Waals surface area (Å²) in [4.78, 5) is 11.1. The number of hydrogen-bond acceptors (Lipinski definition) is 3. The van der Waals surface area contributed by atoms with Crippen LogP contribution in [0.5, 0.6) is 0 Å². The van der Waals surface area contributed by atoms with Crippen molar-refractivity contribution in [2.24, 2.45) is 5.73 Å². The first-order chi connectivity index (χ1) is 8.56. The van der Waals surface area contributed by atoms with Crippen molar-refractivity contribution in [1.82, 2.24) is 0 Å². The van der Waals surface area contributed by atoms with Gasteiger partial charge in [-0.3, -0.25) is 4.79 Å². The lowest BCUT2D eigenvalue weighted by atomic mass is 9.96. The van der Waals surface area contributed by atoms with E-state index < -0.39 is 0 Å². The number of methoxy groups -OCH3 is 1. The van der Waals surface area contributed by atoms with Crippen molar-refractivity contribution in [2.45, 2.75) is 45.1 Å². The molecule has 0 saturated heterocycles. The van der Waals surface area contributed by atoms with Gasteiger partial charge in [0.2, 0.25) is 0 Å². The molecule has 0 radical (unpaired) electrons. The molecule has 1 rings (SSSR count). The Bertz CT molecular complexity index is 373. The zero-order valence-electron chi connectivity index (χ0n) is 11.5. The van der Waals surface area contributed by atoms with E-state index in [2.05, 4.69) is 42.8 Å². The number of rotatable bonds is 6. The van der Waals surface area contributed by atoms with Gasteiger partial charge >= 0.3 is 5.97 Å². The van der Waals surface area contributed by atoms with E-state index in [9.17, 15) is 4.79 Å². The lowest BCUT2D eigenvalue weighted by Crippen LogP contribution is -2.26. The fourth-order valence-corrected chi connectivity index (χ4v) is 1.89. The van der Waals surface area contributed by atoms with Crippen molar-refractivity contribution in [3.05, 3.63) is 35.4 Å². The highest BCUT2D eigenvalue weighted by atomic mass is 16.5. The molecule has 100 valence electrons. The third kappa shape index (κ3) is 4.49. The van der Waals surface area contributed by atoms with Crippen LogP contribution in [0.1, 0.15) is 43.7 Å². The summed E-state index contributed by atoms with van der Waals surface area (Å²) >= 11 is 0. The van der Waals surface area contributed by atoms with Gasteiger partial charge in [0, 0.05) is 6.04 Å². The molecular weight excluding hydrogens is 226 g/mol. The third-order valence-electron chi connectivity index (χ3n) is 3.32. The first-order valence-electron chi connectivity index (χ1n) is 6.48. The highest BCUT2D eigenvalue weighted by molar-refractivity contribution is 5.69. The van der Waals surface area contributed by atoms with Crippen LogP contribution in [0.4, 0.5) is 0 Å². The third-order valence-corrected chi connectivity index (χ3v) is 3.32. The second-order valence-corrected chi connectivity index (χ2v) is 4.80. The summed E-state index contributed by atoms with van der Waals surface area (Å²) in [7, 11) is 1.38. The number of esters is 1. The molecule has 1 aromatic carbocycles. The van der Waals surface area contributed by atoms with Gasteiger partial charge < -0.3 is 10.5 Å². The van der Waals surface area contributed by atoms with E-state index in [1.807, 2.05) is 0 Å². The van der Waals surface area contributed by atoms with Crippen molar-refractivity contribution in [3.8, 4) is 0 Å². The number of nitrogens with two attached hydrogens (primary N) is 1. The zero-order chi connectivity index (χ0) is 13.5. The van der Waals surface area contributed by atoms with E-state index in [0.29, 0.717) is 12.3 Å². The Labute approximate surface area is 109 Å². The number of carbonyl (C=O) groups is 1. The van der Waals surface area contributed by atoms with Crippen molar-refractivity contribution in [1.29, 1.82) is 0 Å². The lowest BCUT2D eigenvalue weighted by molar-refractivity contribution is -0.140. The van der Waals surface area contributed by atoms with Crippen LogP contribution < -0.4 is 5.73 Å². The van der Waals surface area contributed by atoms with E-state index in [-0.39, 0.29) is 18.4 Å². The quantitative estimate of drug-likeness (QED) is 0.788. The molecule has 2 unspecified atom stereocenters. The minimum Gasteiger partial charge on any atom is -0.469 e. The molecule has 0 aromatic heterocycles. The molecule has 2 N–H and O–H groups in total. The lowest BCUT2D eigenvalue weighted by Gasteiger charge is -2.12. The zero-order valence-corrected chi connectivity index (χ0v) is 11.5. The summed E-state index contributed by atoms with van der Waals surface area (Å²) in [5.41, 5.74) is 8.42. The molecule has 1 aromatic rings. The van der Waals surface area contributed by atoms with Gasteiger partial charge in [-0.2, -0.15) is 0 Å². The van der Waals surface area contributed by atoms with Crippen LogP contribution in [0.3, 0.4) is 0 Å². The first-order valence-corrected chi connectivity index (χ1v) is 6.48. The van der Waals surface area contributed by atoms with Gasteiger partial charge in [0.05, 0.1) is 13.5 Å². The summed E-state index contributed by atoms with van der Waals surface area (Å²) in [6.45, 7) is 4.41. The molecule has 0 aliphatic rings. The van der Waals surface area contributed by atoms with Gasteiger partial charge in [0.15, 0.2) is 0 Å². The fraction of sp³-hybridized carbons (Fsp3) is 0.533. The highest BCUT2D eigenvalue weighted by Crippen LogP contribution is 2.19. The maximum Gasteiger partial charge on any atom is 0.307 e. The van der Waals surface area contributed by atoms with Crippen LogP contribution >= 0.6 is 0 Å². The van der Waals surface area contributed by atoms with E-state index in [0.717, 1.165) is 6.42 Å². The molecule has 0 bridgehead atoms. The second-order valence-electron chi connectivity index (χ2n) is 4.80. The van der Waals surface area contributed by atoms with Crippen LogP contribution in [-0.2, 0) is 16.0 Å². The molecule has 18 heavy (non-hydrogen) atoms. The monoisotopic (exact) mass is 249 g/mol. The van der Waals surface area contributed by atoms with E-state index in [4.69, 9.17) is 5.73 Å². The highest BCUT2D eigenvalue weighted by Gasteiger charge is 2.10. The summed E-state index contributed by atoms with van der Waals surface area (Å²) in [6, 6.07) is 8.31. The molecule has 0 saturated carbocycles. The fourth-order valence-electron chi connectivity index (χ4n) is 1.89. The van der Waals surface area contributed by atoms with Crippen LogP contribution in [-0.4, -0.2) is 19.1 Å². The minimum atomic E-state index is -0.251. The van der Waals surface area contributed by atoms with Gasteiger partial charge in [0.25, 0.3) is 0 Å². The van der Waals surface area contributed by atoms with E-state index >= 15 is 0 Å². The van der Waals surface area contributed by atoms with Gasteiger partial charge in [0.1, 0.15) is 0 Å².